The van der Waals surface area contributed by atoms with E-state index in [9.17, 15) is 38.4 Å². The van der Waals surface area contributed by atoms with Gasteiger partial charge in [-0.05, 0) is 25.7 Å². The van der Waals surface area contributed by atoms with E-state index in [1.54, 1.807) is 27.7 Å². The van der Waals surface area contributed by atoms with Gasteiger partial charge in [0, 0.05) is 44.0 Å². The zero-order chi connectivity index (χ0) is 72.8. The Hall–Kier alpha value is -2.84. The van der Waals surface area contributed by atoms with Gasteiger partial charge in [-0.1, -0.05) is 320 Å². The van der Waals surface area contributed by atoms with Crippen LogP contribution in [0.25, 0.3) is 0 Å². The molecule has 8 atom stereocenters. The minimum absolute atomic E-state index is 0. The summed E-state index contributed by atoms with van der Waals surface area (Å²) < 4.78 is 0. The molecule has 0 aliphatic carbocycles. The lowest BCUT2D eigenvalue weighted by molar-refractivity contribution is -0.141. The summed E-state index contributed by atoms with van der Waals surface area (Å²) in [4.78, 5) is 87.2. The molecule has 16 nitrogen and oxygen atoms in total. The second kappa shape index (κ2) is 77.3. The second-order valence-corrected chi connectivity index (χ2v) is 32.4. The standard InChI is InChI=1S/4C19H36O4S.CH4/c4*1-3-4-5-6-7-8-9-10-11-12-13-17(14-18(20)21)24-15-16(2)19(22)23;/h4*16-17H,3-15H2,1-2H3,(H,20,21)(H,22,23);1H4. The molecule has 576 valence electrons. The highest BCUT2D eigenvalue weighted by Gasteiger charge is 2.22. The van der Waals surface area contributed by atoms with Crippen LogP contribution in [0.5, 0.6) is 0 Å². The summed E-state index contributed by atoms with van der Waals surface area (Å²) in [7, 11) is 0. The van der Waals surface area contributed by atoms with Gasteiger partial charge >= 0.3 is 47.8 Å². The first-order valence-corrected chi connectivity index (χ1v) is 42.3. The van der Waals surface area contributed by atoms with E-state index in [0.717, 1.165) is 77.0 Å². The molecule has 0 aliphatic heterocycles. The lowest BCUT2D eigenvalue weighted by atomic mass is 10.0. The van der Waals surface area contributed by atoms with Crippen molar-refractivity contribution in [2.45, 2.75) is 392 Å². The van der Waals surface area contributed by atoms with Crippen molar-refractivity contribution in [3.8, 4) is 0 Å². The normalized spacial score (nSPS) is 13.4. The molecule has 8 unspecified atom stereocenters. The van der Waals surface area contributed by atoms with Crippen molar-refractivity contribution >= 4 is 94.8 Å². The van der Waals surface area contributed by atoms with Crippen LogP contribution in [-0.4, -0.2) is 133 Å². The predicted octanol–water partition coefficient (Wildman–Crippen LogP) is 23.0. The highest BCUT2D eigenvalue weighted by Crippen LogP contribution is 2.29. The maximum atomic E-state index is 10.9. The molecule has 0 fully saturated rings. The fraction of sp³-hybridized carbons (Fsp3) is 0.896. The zero-order valence-electron chi connectivity index (χ0n) is 61.9. The molecule has 0 amide bonds. The average molecular weight is 1460 g/mol. The van der Waals surface area contributed by atoms with Crippen molar-refractivity contribution in [2.24, 2.45) is 23.7 Å². The SMILES string of the molecule is C.CCCCCCCCCCCCC(CC(=O)O)SCC(C)C(=O)O.CCCCCCCCCCCCC(CC(=O)O)SCC(C)C(=O)O.CCCCCCCCCCCCC(CC(=O)O)SCC(C)C(=O)O.CCCCCCCCCCCCC(CC(=O)O)SCC(C)C(=O)O. The van der Waals surface area contributed by atoms with E-state index in [1.165, 1.54) is 253 Å². The molecule has 0 rings (SSSR count). The maximum absolute atomic E-state index is 10.9. The molecule has 8 N–H and O–H groups in total. The molecule has 0 aromatic carbocycles. The summed E-state index contributed by atoms with van der Waals surface area (Å²) in [5.41, 5.74) is 0. The lowest BCUT2D eigenvalue weighted by Crippen LogP contribution is -2.16. The fourth-order valence-corrected chi connectivity index (χ4v) is 15.8. The Balaban J connectivity index is -0.000000386. The van der Waals surface area contributed by atoms with Crippen molar-refractivity contribution in [1.29, 1.82) is 0 Å². The fourth-order valence-electron chi connectivity index (χ4n) is 10.6. The van der Waals surface area contributed by atoms with Crippen molar-refractivity contribution in [2.75, 3.05) is 23.0 Å². The number of thioether (sulfide) groups is 4. The smallest absolute Gasteiger partial charge is 0.307 e. The number of carbonyl (C=O) groups is 8. The van der Waals surface area contributed by atoms with Gasteiger partial charge in [0.25, 0.3) is 0 Å². The summed E-state index contributed by atoms with van der Waals surface area (Å²) in [6.07, 6.45) is 54.9. The van der Waals surface area contributed by atoms with Crippen LogP contribution in [-0.2, 0) is 38.4 Å². The van der Waals surface area contributed by atoms with Gasteiger partial charge in [0.1, 0.15) is 0 Å². The van der Waals surface area contributed by atoms with E-state index in [4.69, 9.17) is 40.9 Å². The lowest BCUT2D eigenvalue weighted by Gasteiger charge is -2.16. The van der Waals surface area contributed by atoms with E-state index in [1.807, 2.05) is 0 Å². The summed E-state index contributed by atoms with van der Waals surface area (Å²) in [6, 6.07) is 0. The Morgan fingerprint density at radius 1 is 0.227 bits per heavy atom. The molecule has 0 aliphatic rings. The number of unbranched alkanes of at least 4 members (excludes halogenated alkanes) is 36. The van der Waals surface area contributed by atoms with E-state index < -0.39 is 71.4 Å². The molecule has 0 bridgehead atoms. The highest BCUT2D eigenvalue weighted by atomic mass is 32.2. The molecular formula is C77H148O16S4. The largest absolute Gasteiger partial charge is 0.481 e. The van der Waals surface area contributed by atoms with Crippen molar-refractivity contribution in [3.05, 3.63) is 0 Å². The molecule has 0 saturated carbocycles. The van der Waals surface area contributed by atoms with Crippen LogP contribution in [0.1, 0.15) is 371 Å². The Bertz CT molecular complexity index is 1590. The van der Waals surface area contributed by atoms with Crippen LogP contribution >= 0.6 is 47.0 Å². The third-order valence-corrected chi connectivity index (χ3v) is 23.4. The number of aliphatic carboxylic acids is 8. The monoisotopic (exact) mass is 1460 g/mol. The van der Waals surface area contributed by atoms with E-state index in [-0.39, 0.29) is 54.1 Å². The number of carboxylic acid groups (broad SMARTS) is 8. The average Bonchev–Trinajstić information content (AvgIpc) is 2.29. The van der Waals surface area contributed by atoms with Crippen molar-refractivity contribution in [1.82, 2.24) is 0 Å². The van der Waals surface area contributed by atoms with Crippen LogP contribution in [0.15, 0.2) is 0 Å². The number of carboxylic acids is 8. The number of rotatable bonds is 68. The molecule has 97 heavy (non-hydrogen) atoms. The quantitative estimate of drug-likeness (QED) is 0.0262. The van der Waals surface area contributed by atoms with Crippen molar-refractivity contribution < 1.29 is 79.2 Å². The topological polar surface area (TPSA) is 298 Å². The Morgan fingerprint density at radius 2 is 0.351 bits per heavy atom. The zero-order valence-corrected chi connectivity index (χ0v) is 65.1. The second-order valence-electron chi connectivity index (χ2n) is 27.1. The van der Waals surface area contributed by atoms with E-state index in [2.05, 4.69) is 27.7 Å². The Morgan fingerprint density at radius 3 is 0.464 bits per heavy atom. The molecule has 0 radical (unpaired) electrons. The van der Waals surface area contributed by atoms with Crippen LogP contribution in [0.4, 0.5) is 0 Å². The Kier molecular flexibility index (Phi) is 81.9. The number of hydrogen-bond donors (Lipinski definition) is 8. The van der Waals surface area contributed by atoms with Crippen LogP contribution < -0.4 is 0 Å². The van der Waals surface area contributed by atoms with Crippen LogP contribution in [0.2, 0.25) is 0 Å². The molecule has 20 heteroatoms. The van der Waals surface area contributed by atoms with Gasteiger partial charge in [0.15, 0.2) is 0 Å². The molecule has 0 spiro atoms. The highest BCUT2D eigenvalue weighted by molar-refractivity contribution is 8.00. The van der Waals surface area contributed by atoms with Gasteiger partial charge in [-0.3, -0.25) is 38.4 Å². The first-order chi connectivity index (χ1) is 45.9. The third kappa shape index (κ3) is 82.0. The minimum Gasteiger partial charge on any atom is -0.481 e. The minimum atomic E-state index is -0.810. The van der Waals surface area contributed by atoms with Gasteiger partial charge < -0.3 is 40.9 Å². The van der Waals surface area contributed by atoms with E-state index in [0.29, 0.717) is 23.0 Å². The molecule has 0 aromatic heterocycles. The van der Waals surface area contributed by atoms with Crippen molar-refractivity contribution in [3.63, 3.8) is 0 Å². The Labute approximate surface area is 609 Å². The van der Waals surface area contributed by atoms with E-state index >= 15 is 0 Å². The first kappa shape index (κ1) is 103. The van der Waals surface area contributed by atoms with Gasteiger partial charge in [0.2, 0.25) is 0 Å². The van der Waals surface area contributed by atoms with Gasteiger partial charge in [-0.25, -0.2) is 0 Å². The summed E-state index contributed by atoms with van der Waals surface area (Å²) in [5.74, 6) is -6.10. The molecular weight excluding hydrogens is 1310 g/mol. The summed E-state index contributed by atoms with van der Waals surface area (Å²) in [5, 5.41) is 71.8. The summed E-state index contributed by atoms with van der Waals surface area (Å²) in [6.45, 7) is 15.6. The third-order valence-electron chi connectivity index (χ3n) is 17.1. The predicted molar refractivity (Wildman–Crippen MR) is 414 cm³/mol. The first-order valence-electron chi connectivity index (χ1n) is 38.1. The van der Waals surface area contributed by atoms with Gasteiger partial charge in [0.05, 0.1) is 49.4 Å². The maximum Gasteiger partial charge on any atom is 0.307 e. The van der Waals surface area contributed by atoms with Crippen LogP contribution in [0, 0.1) is 23.7 Å². The van der Waals surface area contributed by atoms with Gasteiger partial charge in [-0.15, -0.1) is 0 Å². The molecule has 0 heterocycles. The number of hydrogen-bond acceptors (Lipinski definition) is 12. The molecule has 0 aromatic rings. The van der Waals surface area contributed by atoms with Gasteiger partial charge in [-0.2, -0.15) is 47.0 Å². The summed E-state index contributed by atoms with van der Waals surface area (Å²) >= 11 is 6.02. The molecule has 0 saturated heterocycles. The van der Waals surface area contributed by atoms with Crippen LogP contribution in [0.3, 0.4) is 0 Å².